The standard InChI is InChI=1S/C18H23N5O5S2/c1-11(2)15(24)20-17-21-22-18(29-17)30(26,27)23-14-8-4-3-7-13(14)16(25)19-10-12-6-5-9-28-12/h3-4,7-8,11-12,23H,5-6,9-10H2,1-2H3,(H,19,25)(H,20,21,24). The van der Waals surface area contributed by atoms with Gasteiger partial charge in [-0.1, -0.05) is 37.3 Å². The van der Waals surface area contributed by atoms with Gasteiger partial charge in [0.15, 0.2) is 0 Å². The Bertz CT molecular complexity index is 1020. The summed E-state index contributed by atoms with van der Waals surface area (Å²) in [7, 11) is -4.10. The Labute approximate surface area is 178 Å². The third-order valence-electron chi connectivity index (χ3n) is 4.32. The fourth-order valence-corrected chi connectivity index (χ4v) is 4.67. The molecule has 2 heterocycles. The molecular formula is C18H23N5O5S2. The van der Waals surface area contributed by atoms with Crippen LogP contribution in [-0.2, 0) is 19.6 Å². The molecule has 2 aromatic rings. The predicted molar refractivity (Wildman–Crippen MR) is 112 cm³/mol. The fraction of sp³-hybridized carbons (Fsp3) is 0.444. The maximum atomic E-state index is 12.7. The maximum absolute atomic E-state index is 12.7. The smallest absolute Gasteiger partial charge is 0.291 e. The van der Waals surface area contributed by atoms with E-state index in [1.807, 2.05) is 0 Å². The number of carbonyl (C=O) groups excluding carboxylic acids is 2. The number of amides is 2. The largest absolute Gasteiger partial charge is 0.376 e. The van der Waals surface area contributed by atoms with Gasteiger partial charge >= 0.3 is 0 Å². The molecule has 10 nitrogen and oxygen atoms in total. The maximum Gasteiger partial charge on any atom is 0.291 e. The molecule has 1 atom stereocenters. The topological polar surface area (TPSA) is 139 Å². The van der Waals surface area contributed by atoms with Crippen molar-refractivity contribution in [3.05, 3.63) is 29.8 Å². The van der Waals surface area contributed by atoms with Gasteiger partial charge in [0.2, 0.25) is 11.0 Å². The van der Waals surface area contributed by atoms with Crippen molar-refractivity contribution in [3.63, 3.8) is 0 Å². The van der Waals surface area contributed by atoms with E-state index in [0.29, 0.717) is 13.2 Å². The monoisotopic (exact) mass is 453 g/mol. The van der Waals surface area contributed by atoms with E-state index >= 15 is 0 Å². The van der Waals surface area contributed by atoms with E-state index in [0.717, 1.165) is 24.2 Å². The van der Waals surface area contributed by atoms with Crippen molar-refractivity contribution in [3.8, 4) is 0 Å². The molecule has 0 aliphatic carbocycles. The number of para-hydroxylation sites is 1. The van der Waals surface area contributed by atoms with E-state index < -0.39 is 15.9 Å². The van der Waals surface area contributed by atoms with Crippen molar-refractivity contribution in [1.29, 1.82) is 0 Å². The number of hydrogen-bond donors (Lipinski definition) is 3. The van der Waals surface area contributed by atoms with E-state index in [1.165, 1.54) is 12.1 Å². The zero-order valence-electron chi connectivity index (χ0n) is 16.5. The highest BCUT2D eigenvalue weighted by Gasteiger charge is 2.24. The third kappa shape index (κ3) is 5.52. The minimum atomic E-state index is -4.10. The minimum Gasteiger partial charge on any atom is -0.376 e. The average molecular weight is 454 g/mol. The van der Waals surface area contributed by atoms with E-state index in [-0.39, 0.29) is 38.7 Å². The second-order valence-electron chi connectivity index (χ2n) is 7.01. The summed E-state index contributed by atoms with van der Waals surface area (Å²) in [6, 6.07) is 6.27. The summed E-state index contributed by atoms with van der Waals surface area (Å²) < 4.78 is 33.0. The summed E-state index contributed by atoms with van der Waals surface area (Å²) in [5, 5.41) is 12.7. The average Bonchev–Trinajstić information content (AvgIpc) is 3.38. The van der Waals surface area contributed by atoms with Crippen molar-refractivity contribution in [2.45, 2.75) is 37.1 Å². The molecule has 0 saturated carbocycles. The molecule has 1 unspecified atom stereocenters. The lowest BCUT2D eigenvalue weighted by atomic mass is 10.1. The molecule has 1 fully saturated rings. The van der Waals surface area contributed by atoms with Gasteiger partial charge in [0.05, 0.1) is 17.4 Å². The molecule has 30 heavy (non-hydrogen) atoms. The number of hydrogen-bond acceptors (Lipinski definition) is 8. The number of anilines is 2. The summed E-state index contributed by atoms with van der Waals surface area (Å²) >= 11 is 0.724. The van der Waals surface area contributed by atoms with Gasteiger partial charge in [-0.05, 0) is 25.0 Å². The first-order valence-corrected chi connectivity index (χ1v) is 11.7. The molecule has 1 aliphatic heterocycles. The normalized spacial score (nSPS) is 16.4. The second kappa shape index (κ2) is 9.49. The van der Waals surface area contributed by atoms with E-state index in [2.05, 4.69) is 25.6 Å². The third-order valence-corrected chi connectivity index (χ3v) is 6.89. The lowest BCUT2D eigenvalue weighted by molar-refractivity contribution is -0.118. The van der Waals surface area contributed by atoms with Crippen LogP contribution in [0.3, 0.4) is 0 Å². The van der Waals surface area contributed by atoms with Gasteiger partial charge in [0, 0.05) is 19.1 Å². The Kier molecular flexibility index (Phi) is 7.00. The molecule has 1 aromatic heterocycles. The molecule has 1 aliphatic rings. The van der Waals surface area contributed by atoms with Crippen LogP contribution in [0.25, 0.3) is 0 Å². The van der Waals surface area contributed by atoms with Crippen LogP contribution in [0.4, 0.5) is 10.8 Å². The highest BCUT2D eigenvalue weighted by molar-refractivity contribution is 7.94. The van der Waals surface area contributed by atoms with E-state index in [1.54, 1.807) is 26.0 Å². The number of aromatic nitrogens is 2. The van der Waals surface area contributed by atoms with Crippen LogP contribution in [0.15, 0.2) is 28.6 Å². The lowest BCUT2D eigenvalue weighted by Crippen LogP contribution is -2.32. The van der Waals surface area contributed by atoms with Gasteiger partial charge in [-0.3, -0.25) is 14.3 Å². The highest BCUT2D eigenvalue weighted by atomic mass is 32.2. The van der Waals surface area contributed by atoms with Crippen molar-refractivity contribution >= 4 is 44.0 Å². The highest BCUT2D eigenvalue weighted by Crippen LogP contribution is 2.24. The number of sulfonamides is 1. The molecule has 3 N–H and O–H groups in total. The minimum absolute atomic E-state index is 0.0290. The van der Waals surface area contributed by atoms with Gasteiger partial charge in [-0.25, -0.2) is 0 Å². The fourth-order valence-electron chi connectivity index (χ4n) is 2.68. The van der Waals surface area contributed by atoms with Crippen molar-refractivity contribution in [1.82, 2.24) is 15.5 Å². The molecule has 0 radical (unpaired) electrons. The molecule has 162 valence electrons. The number of rotatable bonds is 8. The Hall–Kier alpha value is -2.57. The zero-order chi connectivity index (χ0) is 21.7. The van der Waals surface area contributed by atoms with Crippen LogP contribution in [-0.4, -0.2) is 49.7 Å². The molecular weight excluding hydrogens is 430 g/mol. The van der Waals surface area contributed by atoms with E-state index in [9.17, 15) is 18.0 Å². The van der Waals surface area contributed by atoms with Gasteiger partial charge in [0.25, 0.3) is 20.3 Å². The first-order valence-electron chi connectivity index (χ1n) is 9.42. The first-order chi connectivity index (χ1) is 14.3. The van der Waals surface area contributed by atoms with Gasteiger partial charge in [-0.15, -0.1) is 10.2 Å². The summed E-state index contributed by atoms with van der Waals surface area (Å²) in [6.07, 6.45) is 1.80. The Morgan fingerprint density at radius 2 is 2.03 bits per heavy atom. The van der Waals surface area contributed by atoms with Gasteiger partial charge in [-0.2, -0.15) is 8.42 Å². The molecule has 1 saturated heterocycles. The first kappa shape index (κ1) is 22.1. The molecule has 2 amide bonds. The molecule has 3 rings (SSSR count). The van der Waals surface area contributed by atoms with Crippen LogP contribution < -0.4 is 15.4 Å². The Morgan fingerprint density at radius 1 is 1.27 bits per heavy atom. The summed E-state index contributed by atoms with van der Waals surface area (Å²) in [5.41, 5.74) is 0.294. The SMILES string of the molecule is CC(C)C(=O)Nc1nnc(S(=O)(=O)Nc2ccccc2C(=O)NCC2CCCO2)s1. The molecule has 0 spiro atoms. The number of nitrogens with one attached hydrogen (secondary N) is 3. The van der Waals surface area contributed by atoms with Crippen LogP contribution in [0.5, 0.6) is 0 Å². The Morgan fingerprint density at radius 3 is 2.73 bits per heavy atom. The lowest BCUT2D eigenvalue weighted by Gasteiger charge is -2.13. The van der Waals surface area contributed by atoms with Crippen molar-refractivity contribution < 1.29 is 22.7 Å². The summed E-state index contributed by atoms with van der Waals surface area (Å²) in [5.74, 6) is -0.991. The summed E-state index contributed by atoms with van der Waals surface area (Å²) in [6.45, 7) is 4.44. The number of ether oxygens (including phenoxy) is 1. The van der Waals surface area contributed by atoms with Crippen LogP contribution in [0.2, 0.25) is 0 Å². The van der Waals surface area contributed by atoms with Crippen molar-refractivity contribution in [2.75, 3.05) is 23.2 Å². The number of carbonyl (C=O) groups is 2. The number of benzene rings is 1. The second-order valence-corrected chi connectivity index (χ2v) is 9.85. The molecule has 0 bridgehead atoms. The van der Waals surface area contributed by atoms with E-state index in [4.69, 9.17) is 4.74 Å². The van der Waals surface area contributed by atoms with Gasteiger partial charge < -0.3 is 15.4 Å². The Balaban J connectivity index is 1.71. The van der Waals surface area contributed by atoms with Crippen molar-refractivity contribution in [2.24, 2.45) is 5.92 Å². The number of nitrogens with zero attached hydrogens (tertiary/aromatic N) is 2. The van der Waals surface area contributed by atoms with Crippen LogP contribution in [0, 0.1) is 5.92 Å². The molecule has 12 heteroatoms. The van der Waals surface area contributed by atoms with Gasteiger partial charge in [0.1, 0.15) is 0 Å². The van der Waals surface area contributed by atoms with Crippen LogP contribution in [0.1, 0.15) is 37.0 Å². The quantitative estimate of drug-likeness (QED) is 0.518. The predicted octanol–water partition coefficient (Wildman–Crippen LogP) is 1.84. The van der Waals surface area contributed by atoms with Crippen LogP contribution >= 0.6 is 11.3 Å². The molecule has 1 aromatic carbocycles. The summed E-state index contributed by atoms with van der Waals surface area (Å²) in [4.78, 5) is 24.3. The zero-order valence-corrected chi connectivity index (χ0v) is 18.2.